The molecule has 0 spiro atoms. The lowest BCUT2D eigenvalue weighted by atomic mass is 9.75. The van der Waals surface area contributed by atoms with Crippen LogP contribution in [0.25, 0.3) is 0 Å². The number of furan rings is 1. The van der Waals surface area contributed by atoms with Gasteiger partial charge in [0.15, 0.2) is 0 Å². The smallest absolute Gasteiger partial charge is 0.0947 e. The van der Waals surface area contributed by atoms with Crippen LogP contribution in [0, 0.1) is 5.41 Å². The fraction of sp³-hybridized carbons (Fsp3) is 0.692. The Morgan fingerprint density at radius 1 is 1.53 bits per heavy atom. The van der Waals surface area contributed by atoms with E-state index < -0.39 is 0 Å². The maximum absolute atomic E-state index is 5.06. The van der Waals surface area contributed by atoms with Gasteiger partial charge in [-0.1, -0.05) is 20.3 Å². The Morgan fingerprint density at radius 3 is 3.07 bits per heavy atom. The molecule has 0 saturated heterocycles. The molecule has 1 heterocycles. The van der Waals surface area contributed by atoms with Crippen molar-refractivity contribution in [2.75, 3.05) is 0 Å². The Bertz CT molecular complexity index is 289. The predicted molar refractivity (Wildman–Crippen MR) is 61.6 cm³/mol. The van der Waals surface area contributed by atoms with Gasteiger partial charge in [0.2, 0.25) is 0 Å². The van der Waals surface area contributed by atoms with Crippen molar-refractivity contribution in [3.8, 4) is 0 Å². The van der Waals surface area contributed by atoms with Gasteiger partial charge in [-0.3, -0.25) is 0 Å². The number of nitrogens with one attached hydrogen (secondary N) is 1. The first-order chi connectivity index (χ1) is 7.16. The van der Waals surface area contributed by atoms with E-state index in [0.29, 0.717) is 11.5 Å². The Kier molecular flexibility index (Phi) is 3.15. The minimum Gasteiger partial charge on any atom is -0.472 e. The zero-order valence-electron chi connectivity index (χ0n) is 9.75. The lowest BCUT2D eigenvalue weighted by molar-refractivity contribution is 0.197. The summed E-state index contributed by atoms with van der Waals surface area (Å²) in [4.78, 5) is 0. The quantitative estimate of drug-likeness (QED) is 0.822. The van der Waals surface area contributed by atoms with Crippen molar-refractivity contribution < 1.29 is 4.42 Å². The lowest BCUT2D eigenvalue weighted by Gasteiger charge is -2.35. The van der Waals surface area contributed by atoms with Crippen LogP contribution >= 0.6 is 0 Å². The van der Waals surface area contributed by atoms with Gasteiger partial charge in [-0.2, -0.15) is 0 Å². The summed E-state index contributed by atoms with van der Waals surface area (Å²) in [5, 5.41) is 3.62. The van der Waals surface area contributed by atoms with E-state index in [-0.39, 0.29) is 0 Å². The van der Waals surface area contributed by atoms with Crippen LogP contribution in [0.3, 0.4) is 0 Å². The van der Waals surface area contributed by atoms with Gasteiger partial charge in [-0.15, -0.1) is 0 Å². The van der Waals surface area contributed by atoms with Crippen LogP contribution in [0.4, 0.5) is 0 Å². The fourth-order valence-electron chi connectivity index (χ4n) is 2.53. The molecule has 0 amide bonds. The summed E-state index contributed by atoms with van der Waals surface area (Å²) in [7, 11) is 0. The molecule has 1 saturated carbocycles. The van der Waals surface area contributed by atoms with Crippen LogP contribution in [0.5, 0.6) is 0 Å². The molecule has 1 unspecified atom stereocenters. The number of hydrogen-bond acceptors (Lipinski definition) is 2. The molecule has 2 rings (SSSR count). The minimum atomic E-state index is 0.520. The zero-order chi connectivity index (χ0) is 10.7. The van der Waals surface area contributed by atoms with Crippen molar-refractivity contribution in [2.24, 2.45) is 5.41 Å². The molecule has 15 heavy (non-hydrogen) atoms. The second kappa shape index (κ2) is 4.40. The molecular formula is C13H21NO. The highest BCUT2D eigenvalue weighted by Gasteiger charge is 2.27. The van der Waals surface area contributed by atoms with Gasteiger partial charge >= 0.3 is 0 Å². The molecule has 0 aliphatic heterocycles. The van der Waals surface area contributed by atoms with Gasteiger partial charge in [0.1, 0.15) is 0 Å². The summed E-state index contributed by atoms with van der Waals surface area (Å²) in [5.41, 5.74) is 1.77. The van der Waals surface area contributed by atoms with Gasteiger partial charge in [0.05, 0.1) is 12.5 Å². The van der Waals surface area contributed by atoms with Gasteiger partial charge in [0.25, 0.3) is 0 Å². The summed E-state index contributed by atoms with van der Waals surface area (Å²) >= 11 is 0. The molecule has 2 heteroatoms. The maximum Gasteiger partial charge on any atom is 0.0947 e. The first kappa shape index (κ1) is 10.7. The van der Waals surface area contributed by atoms with Crippen LogP contribution in [-0.4, -0.2) is 6.04 Å². The van der Waals surface area contributed by atoms with E-state index in [0.717, 1.165) is 6.54 Å². The molecule has 0 aromatic carbocycles. The number of rotatable bonds is 3. The highest BCUT2D eigenvalue weighted by molar-refractivity contribution is 5.04. The second-order valence-corrected chi connectivity index (χ2v) is 5.47. The van der Waals surface area contributed by atoms with Crippen LogP contribution in [0.15, 0.2) is 23.0 Å². The standard InChI is InChI=1S/C13H21NO/c1-13(2)6-3-4-12(8-13)14-9-11-5-7-15-10-11/h5,7,10,12,14H,3-4,6,8-9H2,1-2H3. The summed E-state index contributed by atoms with van der Waals surface area (Å²) in [6.07, 6.45) is 8.90. The highest BCUT2D eigenvalue weighted by Crippen LogP contribution is 2.35. The topological polar surface area (TPSA) is 25.2 Å². The van der Waals surface area contributed by atoms with E-state index in [1.165, 1.54) is 31.2 Å². The Balaban J connectivity index is 1.80. The van der Waals surface area contributed by atoms with Crippen LogP contribution in [0.1, 0.15) is 45.1 Å². The predicted octanol–water partition coefficient (Wildman–Crippen LogP) is 3.34. The van der Waals surface area contributed by atoms with Crippen molar-refractivity contribution in [2.45, 2.75) is 52.1 Å². The molecular weight excluding hydrogens is 186 g/mol. The van der Waals surface area contributed by atoms with E-state index in [1.807, 2.05) is 12.3 Å². The molecule has 1 fully saturated rings. The van der Waals surface area contributed by atoms with Gasteiger partial charge in [-0.25, -0.2) is 0 Å². The van der Waals surface area contributed by atoms with E-state index in [9.17, 15) is 0 Å². The molecule has 1 aromatic heterocycles. The first-order valence-corrected chi connectivity index (χ1v) is 5.90. The zero-order valence-corrected chi connectivity index (χ0v) is 9.75. The Hall–Kier alpha value is -0.760. The molecule has 0 radical (unpaired) electrons. The molecule has 84 valence electrons. The van der Waals surface area contributed by atoms with Gasteiger partial charge in [-0.05, 0) is 30.7 Å². The average Bonchev–Trinajstić information content (AvgIpc) is 2.65. The van der Waals surface area contributed by atoms with Crippen LogP contribution < -0.4 is 5.32 Å². The van der Waals surface area contributed by atoms with Crippen molar-refractivity contribution in [3.63, 3.8) is 0 Å². The SMILES string of the molecule is CC1(C)CCCC(NCc2ccoc2)C1. The maximum atomic E-state index is 5.06. The highest BCUT2D eigenvalue weighted by atomic mass is 16.3. The van der Waals surface area contributed by atoms with Crippen molar-refractivity contribution in [3.05, 3.63) is 24.2 Å². The van der Waals surface area contributed by atoms with Gasteiger partial charge < -0.3 is 9.73 Å². The molecule has 1 atom stereocenters. The normalized spacial score (nSPS) is 25.3. The first-order valence-electron chi connectivity index (χ1n) is 5.90. The lowest BCUT2D eigenvalue weighted by Crippen LogP contribution is -2.36. The third kappa shape index (κ3) is 3.10. The molecule has 1 aliphatic carbocycles. The summed E-state index contributed by atoms with van der Waals surface area (Å²) in [6.45, 7) is 5.69. The molecule has 1 aromatic rings. The second-order valence-electron chi connectivity index (χ2n) is 5.47. The molecule has 1 aliphatic rings. The fourth-order valence-corrected chi connectivity index (χ4v) is 2.53. The largest absolute Gasteiger partial charge is 0.472 e. The van der Waals surface area contributed by atoms with Crippen molar-refractivity contribution in [1.29, 1.82) is 0 Å². The monoisotopic (exact) mass is 207 g/mol. The molecule has 1 N–H and O–H groups in total. The van der Waals surface area contributed by atoms with Crippen molar-refractivity contribution >= 4 is 0 Å². The van der Waals surface area contributed by atoms with Crippen LogP contribution in [0.2, 0.25) is 0 Å². The Morgan fingerprint density at radius 2 is 2.40 bits per heavy atom. The molecule has 2 nitrogen and oxygen atoms in total. The summed E-state index contributed by atoms with van der Waals surface area (Å²) < 4.78 is 5.06. The summed E-state index contributed by atoms with van der Waals surface area (Å²) in [5.74, 6) is 0. The third-order valence-electron chi connectivity index (χ3n) is 3.38. The Labute approximate surface area is 92.1 Å². The average molecular weight is 207 g/mol. The van der Waals surface area contributed by atoms with Crippen molar-refractivity contribution in [1.82, 2.24) is 5.32 Å². The minimum absolute atomic E-state index is 0.520. The van der Waals surface area contributed by atoms with Gasteiger partial charge in [0, 0.05) is 18.2 Å². The van der Waals surface area contributed by atoms with E-state index in [2.05, 4.69) is 19.2 Å². The number of hydrogen-bond donors (Lipinski definition) is 1. The summed E-state index contributed by atoms with van der Waals surface area (Å²) in [6, 6.07) is 2.71. The molecule has 0 bridgehead atoms. The van der Waals surface area contributed by atoms with E-state index >= 15 is 0 Å². The van der Waals surface area contributed by atoms with E-state index in [4.69, 9.17) is 4.42 Å². The van der Waals surface area contributed by atoms with E-state index in [1.54, 1.807) is 6.26 Å². The van der Waals surface area contributed by atoms with Crippen LogP contribution in [-0.2, 0) is 6.54 Å². The third-order valence-corrected chi connectivity index (χ3v) is 3.38.